The molecular formula is C19H27N5O2. The van der Waals surface area contributed by atoms with Gasteiger partial charge in [-0.3, -0.25) is 9.89 Å². The fourth-order valence-electron chi connectivity index (χ4n) is 4.18. The fraction of sp³-hybridized carbons (Fsp3) is 0.632. The van der Waals surface area contributed by atoms with Crippen LogP contribution in [0.4, 0.5) is 0 Å². The standard InChI is InChI=1S/C19H27N5O2/c1-3-4-16-13(7-8-20-16)19(25)24-9-14(12-5-6-12)15(10-24)18-21-17(11-26-2)22-23-18/h7-8,12,14-15,20H,3-6,9-11H2,1-2H3,(H,21,22,23)/t14-,15+/m1/s1. The summed E-state index contributed by atoms with van der Waals surface area (Å²) in [5.74, 6) is 3.07. The van der Waals surface area contributed by atoms with Crippen molar-refractivity contribution in [3.8, 4) is 0 Å². The van der Waals surface area contributed by atoms with E-state index in [1.165, 1.54) is 12.8 Å². The number of amides is 1. The van der Waals surface area contributed by atoms with Crippen LogP contribution in [0.1, 0.15) is 59.8 Å². The van der Waals surface area contributed by atoms with Crippen molar-refractivity contribution in [1.82, 2.24) is 25.1 Å². The normalized spacial score (nSPS) is 22.9. The highest BCUT2D eigenvalue weighted by atomic mass is 16.5. The van der Waals surface area contributed by atoms with Gasteiger partial charge in [-0.25, -0.2) is 4.98 Å². The molecule has 0 bridgehead atoms. The number of ether oxygens (including phenoxy) is 1. The minimum atomic E-state index is 0.135. The summed E-state index contributed by atoms with van der Waals surface area (Å²) in [6, 6.07) is 1.91. The Hall–Kier alpha value is -2.15. The number of carbonyl (C=O) groups excluding carboxylic acids is 1. The monoisotopic (exact) mass is 357 g/mol. The van der Waals surface area contributed by atoms with Gasteiger partial charge in [-0.15, -0.1) is 0 Å². The molecule has 2 aliphatic rings. The molecule has 140 valence electrons. The highest BCUT2D eigenvalue weighted by molar-refractivity contribution is 5.95. The van der Waals surface area contributed by atoms with Crippen molar-refractivity contribution in [3.05, 3.63) is 35.2 Å². The zero-order valence-corrected chi connectivity index (χ0v) is 15.5. The number of rotatable bonds is 7. The van der Waals surface area contributed by atoms with E-state index < -0.39 is 0 Å². The molecule has 2 aromatic heterocycles. The van der Waals surface area contributed by atoms with E-state index in [9.17, 15) is 4.79 Å². The molecule has 1 aliphatic carbocycles. The number of carbonyl (C=O) groups is 1. The smallest absolute Gasteiger partial charge is 0.255 e. The van der Waals surface area contributed by atoms with Gasteiger partial charge in [0.1, 0.15) is 6.61 Å². The van der Waals surface area contributed by atoms with Crippen molar-refractivity contribution in [1.29, 1.82) is 0 Å². The predicted molar refractivity (Wildman–Crippen MR) is 96.7 cm³/mol. The van der Waals surface area contributed by atoms with Crippen LogP contribution in [0.15, 0.2) is 12.3 Å². The van der Waals surface area contributed by atoms with Crippen LogP contribution in [0.5, 0.6) is 0 Å². The summed E-state index contributed by atoms with van der Waals surface area (Å²) in [4.78, 5) is 23.0. The molecule has 3 heterocycles. The van der Waals surface area contributed by atoms with Crippen molar-refractivity contribution in [2.24, 2.45) is 11.8 Å². The lowest BCUT2D eigenvalue weighted by Gasteiger charge is -2.16. The number of aromatic nitrogens is 4. The molecular weight excluding hydrogens is 330 g/mol. The summed E-state index contributed by atoms with van der Waals surface area (Å²) in [7, 11) is 1.65. The maximum absolute atomic E-state index is 13.1. The molecule has 1 amide bonds. The summed E-state index contributed by atoms with van der Waals surface area (Å²) in [5, 5.41) is 7.39. The van der Waals surface area contributed by atoms with Gasteiger partial charge in [-0.1, -0.05) is 13.3 Å². The van der Waals surface area contributed by atoms with Crippen molar-refractivity contribution in [3.63, 3.8) is 0 Å². The van der Waals surface area contributed by atoms with Crippen LogP contribution < -0.4 is 0 Å². The van der Waals surface area contributed by atoms with Gasteiger partial charge in [0, 0.05) is 38.0 Å². The Kier molecular flexibility index (Phi) is 4.80. The third-order valence-electron chi connectivity index (χ3n) is 5.60. The molecule has 1 saturated heterocycles. The van der Waals surface area contributed by atoms with E-state index in [4.69, 9.17) is 4.74 Å². The van der Waals surface area contributed by atoms with Crippen LogP contribution in [-0.2, 0) is 17.8 Å². The number of aryl methyl sites for hydroxylation is 1. The molecule has 1 saturated carbocycles. The van der Waals surface area contributed by atoms with E-state index in [0.717, 1.165) is 42.3 Å². The van der Waals surface area contributed by atoms with Gasteiger partial charge in [0.2, 0.25) is 0 Å². The molecule has 26 heavy (non-hydrogen) atoms. The number of hydrogen-bond donors (Lipinski definition) is 2. The minimum absolute atomic E-state index is 0.135. The average Bonchev–Trinajstić information content (AvgIpc) is 3.04. The van der Waals surface area contributed by atoms with Crippen LogP contribution in [0.2, 0.25) is 0 Å². The first-order valence-electron chi connectivity index (χ1n) is 9.56. The molecule has 0 spiro atoms. The van der Waals surface area contributed by atoms with Gasteiger partial charge in [-0.05, 0) is 37.2 Å². The molecule has 2 N–H and O–H groups in total. The SMILES string of the molecule is CCCc1[nH]ccc1C(=O)N1C[C@H](c2n[nH]c(COC)n2)[C@@H](C2CC2)C1. The second-order valence-electron chi connectivity index (χ2n) is 7.51. The Bertz CT molecular complexity index is 764. The lowest BCUT2D eigenvalue weighted by Crippen LogP contribution is -2.29. The number of nitrogens with one attached hydrogen (secondary N) is 2. The Balaban J connectivity index is 1.53. The molecule has 0 aromatic carbocycles. The quantitative estimate of drug-likeness (QED) is 0.797. The third kappa shape index (κ3) is 3.28. The summed E-state index contributed by atoms with van der Waals surface area (Å²) in [6.45, 7) is 4.06. The maximum atomic E-state index is 13.1. The topological polar surface area (TPSA) is 86.9 Å². The largest absolute Gasteiger partial charge is 0.377 e. The predicted octanol–water partition coefficient (Wildman–Crippen LogP) is 2.50. The van der Waals surface area contributed by atoms with Crippen molar-refractivity contribution < 1.29 is 9.53 Å². The van der Waals surface area contributed by atoms with E-state index in [2.05, 4.69) is 27.1 Å². The molecule has 2 fully saturated rings. The summed E-state index contributed by atoms with van der Waals surface area (Å²) < 4.78 is 5.13. The van der Waals surface area contributed by atoms with Gasteiger partial charge in [0.05, 0.1) is 5.56 Å². The zero-order valence-electron chi connectivity index (χ0n) is 15.5. The van der Waals surface area contributed by atoms with Crippen LogP contribution in [0.25, 0.3) is 0 Å². The molecule has 0 unspecified atom stereocenters. The average molecular weight is 357 g/mol. The molecule has 0 radical (unpaired) electrons. The third-order valence-corrected chi connectivity index (χ3v) is 5.60. The van der Waals surface area contributed by atoms with Crippen molar-refractivity contribution in [2.75, 3.05) is 20.2 Å². The lowest BCUT2D eigenvalue weighted by molar-refractivity contribution is 0.0783. The molecule has 7 heteroatoms. The minimum Gasteiger partial charge on any atom is -0.377 e. The summed E-state index contributed by atoms with van der Waals surface area (Å²) in [6.07, 6.45) is 6.30. The Morgan fingerprint density at radius 1 is 1.38 bits per heavy atom. The van der Waals surface area contributed by atoms with Crippen molar-refractivity contribution in [2.45, 2.75) is 45.1 Å². The van der Waals surface area contributed by atoms with Gasteiger partial charge >= 0.3 is 0 Å². The Labute approximate surface area is 153 Å². The first kappa shape index (κ1) is 17.3. The van der Waals surface area contributed by atoms with Crippen molar-refractivity contribution >= 4 is 5.91 Å². The van der Waals surface area contributed by atoms with E-state index in [1.807, 2.05) is 17.2 Å². The van der Waals surface area contributed by atoms with E-state index >= 15 is 0 Å². The van der Waals surface area contributed by atoms with Gasteiger partial charge < -0.3 is 14.6 Å². The molecule has 4 rings (SSSR count). The highest BCUT2D eigenvalue weighted by Gasteiger charge is 2.46. The van der Waals surface area contributed by atoms with Gasteiger partial charge in [0.25, 0.3) is 5.91 Å². The number of likely N-dealkylation sites (tertiary alicyclic amines) is 1. The van der Waals surface area contributed by atoms with E-state index in [0.29, 0.717) is 25.0 Å². The fourth-order valence-corrected chi connectivity index (χ4v) is 4.18. The second-order valence-corrected chi connectivity index (χ2v) is 7.51. The Morgan fingerprint density at radius 3 is 2.96 bits per heavy atom. The summed E-state index contributed by atoms with van der Waals surface area (Å²) >= 11 is 0. The molecule has 7 nitrogen and oxygen atoms in total. The van der Waals surface area contributed by atoms with Gasteiger partial charge in [-0.2, -0.15) is 5.10 Å². The highest BCUT2D eigenvalue weighted by Crippen LogP contribution is 2.47. The molecule has 2 atom stereocenters. The van der Waals surface area contributed by atoms with E-state index in [-0.39, 0.29) is 11.8 Å². The molecule has 1 aliphatic heterocycles. The summed E-state index contributed by atoms with van der Waals surface area (Å²) in [5.41, 5.74) is 1.86. The van der Waals surface area contributed by atoms with E-state index in [1.54, 1.807) is 7.11 Å². The van der Waals surface area contributed by atoms with Crippen LogP contribution >= 0.6 is 0 Å². The number of H-pyrrole nitrogens is 2. The second kappa shape index (κ2) is 7.23. The Morgan fingerprint density at radius 2 is 2.23 bits per heavy atom. The first-order valence-corrected chi connectivity index (χ1v) is 9.56. The van der Waals surface area contributed by atoms with Gasteiger partial charge in [0.15, 0.2) is 11.6 Å². The molecule has 2 aromatic rings. The number of nitrogens with zero attached hydrogens (tertiary/aromatic N) is 3. The first-order chi connectivity index (χ1) is 12.7. The zero-order chi connectivity index (χ0) is 18.1. The van der Waals surface area contributed by atoms with Crippen LogP contribution in [0, 0.1) is 11.8 Å². The number of methoxy groups -OCH3 is 1. The lowest BCUT2D eigenvalue weighted by atomic mass is 9.91. The maximum Gasteiger partial charge on any atom is 0.255 e. The number of hydrogen-bond acceptors (Lipinski definition) is 4. The number of aromatic amines is 2. The van der Waals surface area contributed by atoms with Crippen LogP contribution in [0.3, 0.4) is 0 Å². The van der Waals surface area contributed by atoms with Crippen LogP contribution in [-0.4, -0.2) is 51.2 Å².